The second kappa shape index (κ2) is 7.25. The molecule has 4 nitrogen and oxygen atoms in total. The molecule has 1 heterocycles. The van der Waals surface area contributed by atoms with Gasteiger partial charge in [-0.3, -0.25) is 9.69 Å². The lowest BCUT2D eigenvalue weighted by atomic mass is 9.97. The fraction of sp³-hybridized carbons (Fsp3) is 0.611. The Bertz CT molecular complexity index is 481. The maximum atomic E-state index is 12.0. The van der Waals surface area contributed by atoms with Crippen LogP contribution in [0.2, 0.25) is 0 Å². The van der Waals surface area contributed by atoms with Crippen molar-refractivity contribution in [2.45, 2.75) is 32.9 Å². The van der Waals surface area contributed by atoms with E-state index < -0.39 is 0 Å². The first kappa shape index (κ1) is 17.0. The van der Waals surface area contributed by atoms with Crippen molar-refractivity contribution in [1.82, 2.24) is 4.90 Å². The summed E-state index contributed by atoms with van der Waals surface area (Å²) >= 11 is 0. The summed E-state index contributed by atoms with van der Waals surface area (Å²) in [6.07, 6.45) is 0. The number of hydrogen-bond acceptors (Lipinski definition) is 4. The van der Waals surface area contributed by atoms with Gasteiger partial charge in [0.15, 0.2) is 0 Å². The number of hydrogen-bond donors (Lipinski definition) is 0. The molecule has 1 aromatic carbocycles. The zero-order valence-corrected chi connectivity index (χ0v) is 14.0. The Balaban J connectivity index is 1.93. The molecule has 0 N–H and O–H groups in total. The van der Waals surface area contributed by atoms with Gasteiger partial charge < -0.3 is 9.47 Å². The minimum Gasteiger partial charge on any atom is -0.469 e. The molecule has 122 valence electrons. The van der Waals surface area contributed by atoms with E-state index >= 15 is 0 Å². The van der Waals surface area contributed by atoms with Gasteiger partial charge in [0.2, 0.25) is 0 Å². The average molecular weight is 305 g/mol. The number of rotatable bonds is 5. The molecule has 22 heavy (non-hydrogen) atoms. The van der Waals surface area contributed by atoms with Gasteiger partial charge in [-0.25, -0.2) is 0 Å². The third-order valence-corrected chi connectivity index (χ3v) is 4.34. The Hall–Kier alpha value is -1.39. The topological polar surface area (TPSA) is 38.8 Å². The van der Waals surface area contributed by atoms with Crippen LogP contribution in [-0.4, -0.2) is 43.2 Å². The van der Waals surface area contributed by atoms with Crippen LogP contribution >= 0.6 is 0 Å². The van der Waals surface area contributed by atoms with Gasteiger partial charge in [-0.1, -0.05) is 30.3 Å². The second-order valence-corrected chi connectivity index (χ2v) is 6.97. The van der Waals surface area contributed by atoms with E-state index in [0.717, 1.165) is 18.7 Å². The molecule has 0 aromatic heterocycles. The molecular weight excluding hydrogens is 278 g/mol. The molecule has 0 saturated carbocycles. The second-order valence-electron chi connectivity index (χ2n) is 6.97. The molecule has 0 aliphatic carbocycles. The fourth-order valence-electron chi connectivity index (χ4n) is 2.91. The minimum atomic E-state index is -0.125. The van der Waals surface area contributed by atoms with Crippen molar-refractivity contribution >= 4 is 5.97 Å². The van der Waals surface area contributed by atoms with Gasteiger partial charge in [-0.15, -0.1) is 0 Å². The molecule has 1 saturated heterocycles. The van der Waals surface area contributed by atoms with Crippen molar-refractivity contribution in [2.75, 3.05) is 26.8 Å². The summed E-state index contributed by atoms with van der Waals surface area (Å²) in [4.78, 5) is 14.4. The van der Waals surface area contributed by atoms with E-state index in [1.165, 1.54) is 7.11 Å². The molecule has 0 radical (unpaired) electrons. The smallest absolute Gasteiger partial charge is 0.310 e. The van der Waals surface area contributed by atoms with Gasteiger partial charge in [0.1, 0.15) is 0 Å². The van der Waals surface area contributed by atoms with Gasteiger partial charge >= 0.3 is 5.97 Å². The fourth-order valence-corrected chi connectivity index (χ4v) is 2.91. The number of benzene rings is 1. The molecule has 0 bridgehead atoms. The van der Waals surface area contributed by atoms with Gasteiger partial charge in [-0.05, 0) is 26.3 Å². The first-order chi connectivity index (χ1) is 10.4. The van der Waals surface area contributed by atoms with E-state index in [1.807, 2.05) is 30.3 Å². The average Bonchev–Trinajstić information content (AvgIpc) is 2.92. The number of likely N-dealkylation sites (tertiary alicyclic amines) is 1. The highest BCUT2D eigenvalue weighted by Crippen LogP contribution is 2.30. The third-order valence-electron chi connectivity index (χ3n) is 4.34. The van der Waals surface area contributed by atoms with Crippen LogP contribution in [0.1, 0.15) is 26.3 Å². The molecule has 2 atom stereocenters. The number of methoxy groups -OCH3 is 1. The Morgan fingerprint density at radius 1 is 1.23 bits per heavy atom. The highest BCUT2D eigenvalue weighted by Gasteiger charge is 2.41. The number of esters is 1. The number of carbonyl (C=O) groups excluding carboxylic acids is 1. The van der Waals surface area contributed by atoms with E-state index in [1.54, 1.807) is 0 Å². The molecule has 0 amide bonds. The van der Waals surface area contributed by atoms with Gasteiger partial charge in [0, 0.05) is 24.5 Å². The summed E-state index contributed by atoms with van der Waals surface area (Å²) in [5.41, 5.74) is 1.21. The van der Waals surface area contributed by atoms with E-state index in [0.29, 0.717) is 13.2 Å². The van der Waals surface area contributed by atoms with Crippen LogP contribution < -0.4 is 0 Å². The first-order valence-corrected chi connectivity index (χ1v) is 7.86. The molecule has 1 aliphatic rings. The third kappa shape index (κ3) is 4.31. The molecule has 4 heteroatoms. The predicted molar refractivity (Wildman–Crippen MR) is 86.4 cm³/mol. The van der Waals surface area contributed by atoms with Crippen molar-refractivity contribution in [2.24, 2.45) is 11.8 Å². The summed E-state index contributed by atoms with van der Waals surface area (Å²) < 4.78 is 10.8. The van der Waals surface area contributed by atoms with Gasteiger partial charge in [0.05, 0.1) is 26.2 Å². The lowest BCUT2D eigenvalue weighted by molar-refractivity contribution is -0.147. The standard InChI is InChI=1S/C18H27NO3/c1-18(2,3)19-10-15(16(11-19)17(20)21-4)13-22-12-14-8-6-5-7-9-14/h5-9,15-16H,10-13H2,1-4H3/t15-,16+/m0/s1. The predicted octanol–water partition coefficient (Wildman–Crippen LogP) is 2.72. The maximum Gasteiger partial charge on any atom is 0.310 e. The number of nitrogens with zero attached hydrogens (tertiary/aromatic N) is 1. The maximum absolute atomic E-state index is 12.0. The Morgan fingerprint density at radius 2 is 1.91 bits per heavy atom. The summed E-state index contributed by atoms with van der Waals surface area (Å²) in [6.45, 7) is 9.31. The monoisotopic (exact) mass is 305 g/mol. The van der Waals surface area contributed by atoms with Crippen molar-refractivity contribution in [3.63, 3.8) is 0 Å². The highest BCUT2D eigenvalue weighted by atomic mass is 16.5. The summed E-state index contributed by atoms with van der Waals surface area (Å²) in [7, 11) is 1.46. The summed E-state index contributed by atoms with van der Waals surface area (Å²) in [6, 6.07) is 10.1. The number of ether oxygens (including phenoxy) is 2. The van der Waals surface area contributed by atoms with Gasteiger partial charge in [-0.2, -0.15) is 0 Å². The van der Waals surface area contributed by atoms with E-state index in [2.05, 4.69) is 25.7 Å². The van der Waals surface area contributed by atoms with Crippen LogP contribution in [0.3, 0.4) is 0 Å². The largest absolute Gasteiger partial charge is 0.469 e. The Labute approximate surface area is 133 Å². The molecule has 1 fully saturated rings. The van der Waals surface area contributed by atoms with Crippen LogP contribution in [-0.2, 0) is 20.9 Å². The molecule has 1 aromatic rings. The molecule has 2 rings (SSSR count). The summed E-state index contributed by atoms with van der Waals surface area (Å²) in [5.74, 6) is -0.0320. The van der Waals surface area contributed by atoms with Crippen LogP contribution in [0, 0.1) is 11.8 Å². The van der Waals surface area contributed by atoms with E-state index in [4.69, 9.17) is 9.47 Å². The van der Waals surface area contributed by atoms with Crippen molar-refractivity contribution < 1.29 is 14.3 Å². The molecule has 0 unspecified atom stereocenters. The van der Waals surface area contributed by atoms with Crippen LogP contribution in [0.5, 0.6) is 0 Å². The van der Waals surface area contributed by atoms with Crippen LogP contribution in [0.25, 0.3) is 0 Å². The lowest BCUT2D eigenvalue weighted by Gasteiger charge is -2.31. The Morgan fingerprint density at radius 3 is 2.50 bits per heavy atom. The van der Waals surface area contributed by atoms with Crippen molar-refractivity contribution in [3.05, 3.63) is 35.9 Å². The molecule has 1 aliphatic heterocycles. The first-order valence-electron chi connectivity index (χ1n) is 7.86. The zero-order valence-electron chi connectivity index (χ0n) is 14.0. The SMILES string of the molecule is COC(=O)[C@@H]1CN(C(C)(C)C)C[C@H]1COCc1ccccc1. The molecular formula is C18H27NO3. The van der Waals surface area contributed by atoms with Crippen molar-refractivity contribution in [3.8, 4) is 0 Å². The van der Waals surface area contributed by atoms with Crippen LogP contribution in [0.15, 0.2) is 30.3 Å². The summed E-state index contributed by atoms with van der Waals surface area (Å²) in [5, 5.41) is 0. The molecule has 0 spiro atoms. The number of carbonyl (C=O) groups is 1. The normalized spacial score (nSPS) is 22.7. The van der Waals surface area contributed by atoms with E-state index in [-0.39, 0.29) is 23.3 Å². The lowest BCUT2D eigenvalue weighted by Crippen LogP contribution is -2.40. The minimum absolute atomic E-state index is 0.0560. The van der Waals surface area contributed by atoms with E-state index in [9.17, 15) is 4.79 Å². The Kier molecular flexibility index (Phi) is 5.59. The van der Waals surface area contributed by atoms with Crippen LogP contribution in [0.4, 0.5) is 0 Å². The quantitative estimate of drug-likeness (QED) is 0.784. The highest BCUT2D eigenvalue weighted by molar-refractivity contribution is 5.73. The van der Waals surface area contributed by atoms with Crippen molar-refractivity contribution in [1.29, 1.82) is 0 Å². The van der Waals surface area contributed by atoms with Gasteiger partial charge in [0.25, 0.3) is 0 Å². The zero-order chi connectivity index (χ0) is 16.2.